The van der Waals surface area contributed by atoms with Gasteiger partial charge in [-0.25, -0.2) is 0 Å². The van der Waals surface area contributed by atoms with Crippen molar-refractivity contribution >= 4 is 10.2 Å². The van der Waals surface area contributed by atoms with Gasteiger partial charge in [-0.2, -0.15) is 17.4 Å². The quantitative estimate of drug-likeness (QED) is 0.747. The van der Waals surface area contributed by atoms with E-state index in [0.29, 0.717) is 19.0 Å². The highest BCUT2D eigenvalue weighted by molar-refractivity contribution is 7.87. The largest absolute Gasteiger partial charge is 0.373 e. The Bertz CT molecular complexity index is 448. The first-order chi connectivity index (χ1) is 10.1. The average molecular weight is 317 g/mol. The van der Waals surface area contributed by atoms with Gasteiger partial charge < -0.3 is 10.1 Å². The van der Waals surface area contributed by atoms with Gasteiger partial charge in [-0.3, -0.25) is 0 Å². The molecule has 122 valence electrons. The number of nitrogens with one attached hydrogen (secondary N) is 2. The summed E-state index contributed by atoms with van der Waals surface area (Å²) in [5.74, 6) is 0.599. The lowest BCUT2D eigenvalue weighted by molar-refractivity contribution is 0.0993. The molecular weight excluding hydrogens is 290 g/mol. The van der Waals surface area contributed by atoms with Crippen molar-refractivity contribution in [3.8, 4) is 0 Å². The summed E-state index contributed by atoms with van der Waals surface area (Å²) in [4.78, 5) is 0. The molecular formula is C14H27N3O3S. The molecule has 3 saturated heterocycles. The number of rotatable bonds is 6. The Hall–Kier alpha value is -0.210. The summed E-state index contributed by atoms with van der Waals surface area (Å²) in [6.07, 6.45) is 5.16. The first-order valence-electron chi connectivity index (χ1n) is 8.22. The van der Waals surface area contributed by atoms with Crippen molar-refractivity contribution < 1.29 is 13.2 Å². The van der Waals surface area contributed by atoms with Crippen molar-refractivity contribution in [3.63, 3.8) is 0 Å². The maximum Gasteiger partial charge on any atom is 0.279 e. The van der Waals surface area contributed by atoms with Crippen LogP contribution >= 0.6 is 0 Å². The molecule has 0 aliphatic carbocycles. The van der Waals surface area contributed by atoms with Gasteiger partial charge in [0, 0.05) is 13.1 Å². The van der Waals surface area contributed by atoms with Crippen LogP contribution in [0, 0.1) is 5.92 Å². The molecule has 0 aromatic rings. The van der Waals surface area contributed by atoms with Gasteiger partial charge in [0.1, 0.15) is 0 Å². The standard InChI is InChI=1S/C14H27N3O3S/c1-2-15-10-11-5-7-17(8-6-11)21(18,19)16-13-9-12-3-4-14(13)20-12/h11-16H,2-10H2,1H3. The van der Waals surface area contributed by atoms with Crippen LogP contribution in [0.5, 0.6) is 0 Å². The zero-order chi connectivity index (χ0) is 14.9. The number of nitrogens with zero attached hydrogens (tertiary/aromatic N) is 1. The first kappa shape index (κ1) is 15.7. The van der Waals surface area contributed by atoms with E-state index in [2.05, 4.69) is 17.0 Å². The van der Waals surface area contributed by atoms with Crippen LogP contribution in [0.2, 0.25) is 0 Å². The van der Waals surface area contributed by atoms with Gasteiger partial charge in [-0.05, 0) is 51.1 Å². The fourth-order valence-electron chi connectivity index (χ4n) is 3.73. The second-order valence-corrected chi connectivity index (χ2v) is 8.19. The van der Waals surface area contributed by atoms with E-state index in [4.69, 9.17) is 4.74 Å². The van der Waals surface area contributed by atoms with Crippen LogP contribution in [-0.4, -0.2) is 57.2 Å². The third-order valence-corrected chi connectivity index (χ3v) is 6.65. The van der Waals surface area contributed by atoms with Gasteiger partial charge in [-0.1, -0.05) is 6.92 Å². The number of hydrogen-bond acceptors (Lipinski definition) is 4. The molecule has 7 heteroatoms. The van der Waals surface area contributed by atoms with Crippen LogP contribution < -0.4 is 10.0 Å². The Kier molecular flexibility index (Phi) is 4.85. The number of piperidine rings is 1. The van der Waals surface area contributed by atoms with E-state index in [1.54, 1.807) is 4.31 Å². The lowest BCUT2D eigenvalue weighted by atomic mass is 9.96. The van der Waals surface area contributed by atoms with Crippen LogP contribution in [-0.2, 0) is 14.9 Å². The molecule has 6 nitrogen and oxygen atoms in total. The molecule has 2 N–H and O–H groups in total. The molecule has 0 aromatic carbocycles. The van der Waals surface area contributed by atoms with E-state index in [1.807, 2.05) is 0 Å². The molecule has 21 heavy (non-hydrogen) atoms. The highest BCUT2D eigenvalue weighted by atomic mass is 32.2. The van der Waals surface area contributed by atoms with E-state index in [-0.39, 0.29) is 18.2 Å². The van der Waals surface area contributed by atoms with Crippen LogP contribution in [0.4, 0.5) is 0 Å². The van der Waals surface area contributed by atoms with Gasteiger partial charge in [0.25, 0.3) is 10.2 Å². The monoisotopic (exact) mass is 317 g/mol. The van der Waals surface area contributed by atoms with Crippen LogP contribution in [0.25, 0.3) is 0 Å². The highest BCUT2D eigenvalue weighted by Gasteiger charge is 2.43. The van der Waals surface area contributed by atoms with E-state index < -0.39 is 10.2 Å². The lowest BCUT2D eigenvalue weighted by Crippen LogP contribution is -2.51. The molecule has 3 fully saturated rings. The van der Waals surface area contributed by atoms with Gasteiger partial charge in [0.05, 0.1) is 18.2 Å². The van der Waals surface area contributed by atoms with E-state index in [1.165, 1.54) is 0 Å². The van der Waals surface area contributed by atoms with Crippen molar-refractivity contribution in [2.75, 3.05) is 26.2 Å². The molecule has 0 aromatic heterocycles. The van der Waals surface area contributed by atoms with E-state index in [9.17, 15) is 8.42 Å². The van der Waals surface area contributed by atoms with E-state index in [0.717, 1.165) is 45.2 Å². The Morgan fingerprint density at radius 1 is 1.19 bits per heavy atom. The Morgan fingerprint density at radius 3 is 2.52 bits per heavy atom. The fourth-order valence-corrected chi connectivity index (χ4v) is 5.20. The van der Waals surface area contributed by atoms with Crippen LogP contribution in [0.3, 0.4) is 0 Å². The predicted molar refractivity (Wildman–Crippen MR) is 81.2 cm³/mol. The van der Waals surface area contributed by atoms with Crippen molar-refractivity contribution in [1.29, 1.82) is 0 Å². The van der Waals surface area contributed by atoms with Gasteiger partial charge in [0.15, 0.2) is 0 Å². The summed E-state index contributed by atoms with van der Waals surface area (Å²) in [7, 11) is -3.35. The second kappa shape index (κ2) is 6.50. The molecule has 0 saturated carbocycles. The SMILES string of the molecule is CCNCC1CCN(S(=O)(=O)NC2CC3CCC2O3)CC1. The smallest absolute Gasteiger partial charge is 0.279 e. The van der Waals surface area contributed by atoms with Crippen molar-refractivity contribution in [1.82, 2.24) is 14.3 Å². The predicted octanol–water partition coefficient (Wildman–Crippen LogP) is 0.462. The molecule has 3 heterocycles. The zero-order valence-electron chi connectivity index (χ0n) is 12.8. The number of fused-ring (bicyclic) bond motifs is 2. The molecule has 3 atom stereocenters. The maximum absolute atomic E-state index is 12.5. The molecule has 3 aliphatic heterocycles. The number of hydrogen-bond donors (Lipinski definition) is 2. The summed E-state index contributed by atoms with van der Waals surface area (Å²) in [5.41, 5.74) is 0. The van der Waals surface area contributed by atoms with Gasteiger partial charge in [-0.15, -0.1) is 0 Å². The highest BCUT2D eigenvalue weighted by Crippen LogP contribution is 2.34. The van der Waals surface area contributed by atoms with Gasteiger partial charge in [0.2, 0.25) is 0 Å². The minimum absolute atomic E-state index is 0.0202. The van der Waals surface area contributed by atoms with Crippen molar-refractivity contribution in [3.05, 3.63) is 0 Å². The second-order valence-electron chi connectivity index (χ2n) is 6.49. The lowest BCUT2D eigenvalue weighted by Gasteiger charge is -2.32. The molecule has 2 bridgehead atoms. The zero-order valence-corrected chi connectivity index (χ0v) is 13.6. The minimum Gasteiger partial charge on any atom is -0.373 e. The van der Waals surface area contributed by atoms with Crippen LogP contribution in [0.15, 0.2) is 0 Å². The summed E-state index contributed by atoms with van der Waals surface area (Å²) in [5, 5.41) is 3.35. The Morgan fingerprint density at radius 2 is 1.95 bits per heavy atom. The summed E-state index contributed by atoms with van der Waals surface area (Å²) in [6, 6.07) is -0.0202. The molecule has 3 aliphatic rings. The molecule has 3 rings (SSSR count). The molecule has 3 unspecified atom stereocenters. The fraction of sp³-hybridized carbons (Fsp3) is 1.00. The average Bonchev–Trinajstić information content (AvgIpc) is 3.07. The van der Waals surface area contributed by atoms with E-state index >= 15 is 0 Å². The van der Waals surface area contributed by atoms with Crippen molar-refractivity contribution in [2.24, 2.45) is 5.92 Å². The molecule has 0 spiro atoms. The Labute approximate surface area is 127 Å². The Balaban J connectivity index is 1.49. The topological polar surface area (TPSA) is 70.7 Å². The third-order valence-electron chi connectivity index (χ3n) is 5.00. The third kappa shape index (κ3) is 3.59. The first-order valence-corrected chi connectivity index (χ1v) is 9.66. The molecule has 0 radical (unpaired) electrons. The normalized spacial score (nSPS) is 34.6. The summed E-state index contributed by atoms with van der Waals surface area (Å²) in [6.45, 7) is 5.34. The maximum atomic E-state index is 12.5. The summed E-state index contributed by atoms with van der Waals surface area (Å²) >= 11 is 0. The van der Waals surface area contributed by atoms with Crippen molar-refractivity contribution in [2.45, 2.75) is 57.3 Å². The summed E-state index contributed by atoms with van der Waals surface area (Å²) < 4.78 is 35.2. The number of ether oxygens (including phenoxy) is 1. The van der Waals surface area contributed by atoms with Gasteiger partial charge >= 0.3 is 0 Å². The molecule has 0 amide bonds. The minimum atomic E-state index is -3.35. The van der Waals surface area contributed by atoms with Crippen LogP contribution in [0.1, 0.15) is 39.0 Å².